The van der Waals surface area contributed by atoms with E-state index in [-0.39, 0.29) is 11.4 Å². The van der Waals surface area contributed by atoms with Crippen molar-refractivity contribution >= 4 is 28.4 Å². The molecule has 3 heterocycles. The Hall–Kier alpha value is -2.96. The van der Waals surface area contributed by atoms with Gasteiger partial charge in [-0.2, -0.15) is 5.10 Å². The van der Waals surface area contributed by atoms with Gasteiger partial charge < -0.3 is 20.5 Å². The maximum absolute atomic E-state index is 12.9. The number of hydrogen-bond acceptors (Lipinski definition) is 4. The first-order chi connectivity index (χ1) is 12.6. The monoisotopic (exact) mass is 350 g/mol. The van der Waals surface area contributed by atoms with E-state index in [1.54, 1.807) is 0 Å². The third kappa shape index (κ3) is 2.42. The molecular formula is C19H22N6O. The number of nitrogens with zero attached hydrogens (tertiary/aromatic N) is 3. The van der Waals surface area contributed by atoms with Crippen molar-refractivity contribution < 1.29 is 4.79 Å². The fraction of sp³-hybridized carbons (Fsp3) is 0.368. The van der Waals surface area contributed by atoms with Crippen LogP contribution in [0, 0.1) is 0 Å². The van der Waals surface area contributed by atoms with E-state index >= 15 is 0 Å². The van der Waals surface area contributed by atoms with Crippen molar-refractivity contribution in [2.45, 2.75) is 24.8 Å². The summed E-state index contributed by atoms with van der Waals surface area (Å²) in [7, 11) is 0. The van der Waals surface area contributed by atoms with Crippen LogP contribution in [0.25, 0.3) is 11.0 Å². The number of nitrogens with one attached hydrogen (secondary N) is 2. The molecule has 1 aromatic carbocycles. The number of carbonyl (C=O) groups excluding carboxylic acids is 1. The molecule has 7 heteroatoms. The van der Waals surface area contributed by atoms with Crippen LogP contribution in [-0.4, -0.2) is 51.2 Å². The number of aromatic amines is 2. The number of amides is 1. The molecule has 2 aliphatic rings. The molecule has 134 valence electrons. The first-order valence-corrected chi connectivity index (χ1v) is 9.06. The van der Waals surface area contributed by atoms with Crippen LogP contribution < -0.4 is 10.6 Å². The lowest BCUT2D eigenvalue weighted by atomic mass is 10.1. The van der Waals surface area contributed by atoms with E-state index < -0.39 is 0 Å². The number of nitrogens with two attached hydrogens (primary N) is 1. The van der Waals surface area contributed by atoms with E-state index in [0.29, 0.717) is 6.42 Å². The first-order valence-electron chi connectivity index (χ1n) is 9.06. The van der Waals surface area contributed by atoms with Gasteiger partial charge in [0.1, 0.15) is 5.65 Å². The van der Waals surface area contributed by atoms with Gasteiger partial charge in [0.25, 0.3) is 0 Å². The molecule has 2 fully saturated rings. The molecule has 1 aliphatic heterocycles. The topological polar surface area (TPSA) is 94.0 Å². The van der Waals surface area contributed by atoms with Crippen molar-refractivity contribution in [2.75, 3.05) is 30.3 Å². The summed E-state index contributed by atoms with van der Waals surface area (Å²) in [6.07, 6.45) is 4.49. The van der Waals surface area contributed by atoms with E-state index in [1.165, 1.54) is 0 Å². The second-order valence-electron chi connectivity index (χ2n) is 7.42. The van der Waals surface area contributed by atoms with Crippen LogP contribution in [0.1, 0.15) is 18.4 Å². The Bertz CT molecular complexity index is 952. The molecule has 0 radical (unpaired) electrons. The van der Waals surface area contributed by atoms with Gasteiger partial charge in [-0.15, -0.1) is 0 Å². The Kier molecular flexibility index (Phi) is 3.25. The number of hydrogen-bond donors (Lipinski definition) is 3. The highest BCUT2D eigenvalue weighted by Gasteiger charge is 2.53. The summed E-state index contributed by atoms with van der Waals surface area (Å²) in [5, 5.41) is 8.63. The van der Waals surface area contributed by atoms with Crippen molar-refractivity contribution in [3.8, 4) is 0 Å². The lowest BCUT2D eigenvalue weighted by Crippen LogP contribution is -2.57. The van der Waals surface area contributed by atoms with Crippen LogP contribution in [0.3, 0.4) is 0 Å². The molecule has 4 N–H and O–H groups in total. The highest BCUT2D eigenvalue weighted by atomic mass is 16.2. The SMILES string of the molecule is Nc1ccc(CC(=O)N2CCN(c3n[nH]c4[nH]ccc34)CC23CC3)cc1. The minimum atomic E-state index is -0.0231. The summed E-state index contributed by atoms with van der Waals surface area (Å²) < 4.78 is 0. The molecule has 3 aromatic rings. The number of aromatic nitrogens is 3. The zero-order valence-electron chi connectivity index (χ0n) is 14.5. The lowest BCUT2D eigenvalue weighted by molar-refractivity contribution is -0.134. The highest BCUT2D eigenvalue weighted by molar-refractivity contribution is 5.88. The lowest BCUT2D eigenvalue weighted by Gasteiger charge is -2.42. The molecule has 7 nitrogen and oxygen atoms in total. The number of benzene rings is 1. The molecule has 0 unspecified atom stereocenters. The molecule has 1 aliphatic carbocycles. The van der Waals surface area contributed by atoms with Crippen molar-refractivity contribution in [2.24, 2.45) is 0 Å². The zero-order valence-corrected chi connectivity index (χ0v) is 14.5. The maximum atomic E-state index is 12.9. The number of anilines is 2. The Labute approximate surface area is 151 Å². The summed E-state index contributed by atoms with van der Waals surface area (Å²) >= 11 is 0. The summed E-state index contributed by atoms with van der Waals surface area (Å²) in [6.45, 7) is 2.40. The molecule has 1 saturated carbocycles. The molecule has 2 aromatic heterocycles. The minimum Gasteiger partial charge on any atom is -0.399 e. The van der Waals surface area contributed by atoms with Crippen LogP contribution in [0.5, 0.6) is 0 Å². The zero-order chi connectivity index (χ0) is 17.7. The van der Waals surface area contributed by atoms with Gasteiger partial charge >= 0.3 is 0 Å². The molecule has 5 rings (SSSR count). The number of fused-ring (bicyclic) bond motifs is 1. The van der Waals surface area contributed by atoms with Crippen molar-refractivity contribution in [1.82, 2.24) is 20.1 Å². The highest BCUT2D eigenvalue weighted by Crippen LogP contribution is 2.45. The van der Waals surface area contributed by atoms with Crippen LogP contribution in [0.2, 0.25) is 0 Å². The third-order valence-corrected chi connectivity index (χ3v) is 5.68. The summed E-state index contributed by atoms with van der Waals surface area (Å²) in [5.74, 6) is 1.19. The van der Waals surface area contributed by atoms with Gasteiger partial charge in [0.15, 0.2) is 5.82 Å². The van der Waals surface area contributed by atoms with Gasteiger partial charge in [0.05, 0.1) is 17.3 Å². The van der Waals surface area contributed by atoms with Crippen LogP contribution in [-0.2, 0) is 11.2 Å². The Morgan fingerprint density at radius 3 is 2.77 bits per heavy atom. The summed E-state index contributed by atoms with van der Waals surface area (Å²) in [4.78, 5) is 20.5. The Balaban J connectivity index is 1.33. The second kappa shape index (κ2) is 5.52. The van der Waals surface area contributed by atoms with Crippen molar-refractivity contribution in [3.63, 3.8) is 0 Å². The number of rotatable bonds is 3. The molecule has 26 heavy (non-hydrogen) atoms. The quantitative estimate of drug-likeness (QED) is 0.629. The number of nitrogen functional groups attached to an aromatic ring is 1. The molecule has 1 saturated heterocycles. The Morgan fingerprint density at radius 2 is 2.00 bits per heavy atom. The number of piperazine rings is 1. The largest absolute Gasteiger partial charge is 0.399 e. The minimum absolute atomic E-state index is 0.0231. The fourth-order valence-electron chi connectivity index (χ4n) is 4.08. The van der Waals surface area contributed by atoms with Crippen LogP contribution in [0.15, 0.2) is 36.5 Å². The second-order valence-corrected chi connectivity index (χ2v) is 7.42. The fourth-order valence-corrected chi connectivity index (χ4v) is 4.08. The van der Waals surface area contributed by atoms with E-state index in [4.69, 9.17) is 5.73 Å². The van der Waals surface area contributed by atoms with E-state index in [0.717, 1.165) is 60.6 Å². The molecule has 0 bridgehead atoms. The van der Waals surface area contributed by atoms with Crippen molar-refractivity contribution in [3.05, 3.63) is 42.1 Å². The number of carbonyl (C=O) groups is 1. The summed E-state index contributed by atoms with van der Waals surface area (Å²) in [6, 6.07) is 9.64. The van der Waals surface area contributed by atoms with E-state index in [2.05, 4.69) is 25.0 Å². The van der Waals surface area contributed by atoms with Gasteiger partial charge in [-0.3, -0.25) is 9.89 Å². The number of H-pyrrole nitrogens is 2. The van der Waals surface area contributed by atoms with Gasteiger partial charge in [-0.05, 0) is 36.6 Å². The predicted octanol–water partition coefficient (Wildman–Crippen LogP) is 1.90. The van der Waals surface area contributed by atoms with Crippen LogP contribution >= 0.6 is 0 Å². The average Bonchev–Trinajstić information content (AvgIpc) is 3.06. The van der Waals surface area contributed by atoms with Gasteiger partial charge in [0.2, 0.25) is 5.91 Å². The molecule has 0 atom stereocenters. The Morgan fingerprint density at radius 1 is 1.19 bits per heavy atom. The maximum Gasteiger partial charge on any atom is 0.227 e. The standard InChI is InChI=1S/C19H22N6O/c20-14-3-1-13(2-4-14)11-16(26)25-10-9-24(12-19(25)6-7-19)18-15-5-8-21-17(15)22-23-18/h1-5,8H,6-7,9-12,20H2,(H2,21,22,23). The van der Waals surface area contributed by atoms with Gasteiger partial charge in [-0.25, -0.2) is 0 Å². The first kappa shape index (κ1) is 15.3. The van der Waals surface area contributed by atoms with Crippen molar-refractivity contribution in [1.29, 1.82) is 0 Å². The van der Waals surface area contributed by atoms with Crippen LogP contribution in [0.4, 0.5) is 11.5 Å². The van der Waals surface area contributed by atoms with Gasteiger partial charge in [-0.1, -0.05) is 12.1 Å². The third-order valence-electron chi connectivity index (χ3n) is 5.68. The average molecular weight is 350 g/mol. The van der Waals surface area contributed by atoms with E-state index in [1.807, 2.05) is 36.5 Å². The molecule has 1 spiro atoms. The molecular weight excluding hydrogens is 328 g/mol. The molecule has 1 amide bonds. The smallest absolute Gasteiger partial charge is 0.227 e. The van der Waals surface area contributed by atoms with Gasteiger partial charge in [0, 0.05) is 31.5 Å². The normalized spacial score (nSPS) is 18.6. The van der Waals surface area contributed by atoms with E-state index in [9.17, 15) is 4.79 Å². The summed E-state index contributed by atoms with van der Waals surface area (Å²) in [5.41, 5.74) is 8.41. The predicted molar refractivity (Wildman–Crippen MR) is 101 cm³/mol.